The Kier molecular flexibility index (Phi) is 3.60. The van der Waals surface area contributed by atoms with Gasteiger partial charge in [-0.05, 0) is 13.5 Å². The summed E-state index contributed by atoms with van der Waals surface area (Å²) in [6.45, 7) is 0.167. The van der Waals surface area contributed by atoms with Crippen molar-refractivity contribution in [3.8, 4) is 0 Å². The van der Waals surface area contributed by atoms with Crippen LogP contribution in [0.1, 0.15) is 6.42 Å². The number of alkyl halides is 2. The highest BCUT2D eigenvalue weighted by Gasteiger charge is 2.36. The molecule has 2 heterocycles. The van der Waals surface area contributed by atoms with Crippen molar-refractivity contribution >= 4 is 11.6 Å². The summed E-state index contributed by atoms with van der Waals surface area (Å²) in [6, 6.07) is -0.459. The number of nitrogens with zero attached hydrogens (tertiary/aromatic N) is 4. The molecule has 1 aromatic heterocycles. The molecule has 5 nitrogen and oxygen atoms in total. The van der Waals surface area contributed by atoms with Gasteiger partial charge in [0.15, 0.2) is 0 Å². The van der Waals surface area contributed by atoms with Crippen LogP contribution < -0.4 is 4.90 Å². The summed E-state index contributed by atoms with van der Waals surface area (Å²) in [5.41, 5.74) is 0.718. The van der Waals surface area contributed by atoms with Crippen molar-refractivity contribution in [3.63, 3.8) is 0 Å². The predicted molar refractivity (Wildman–Crippen MR) is 62.6 cm³/mol. The van der Waals surface area contributed by atoms with Gasteiger partial charge in [0.05, 0.1) is 24.5 Å². The molecule has 1 fully saturated rings. The lowest BCUT2D eigenvalue weighted by molar-refractivity contribution is -0.121. The number of hydrogen-bond acceptors (Lipinski definition) is 3. The number of likely N-dealkylation sites (N-methyl/N-ethyl adjacent to an activating group) is 1. The molecular weight excluding hydrogens is 242 g/mol. The van der Waals surface area contributed by atoms with Crippen LogP contribution in [0.2, 0.25) is 0 Å². The van der Waals surface area contributed by atoms with Crippen molar-refractivity contribution in [2.24, 2.45) is 7.05 Å². The van der Waals surface area contributed by atoms with E-state index in [0.717, 1.165) is 5.69 Å². The second kappa shape index (κ2) is 5.01. The normalized spacial score (nSPS) is 20.4. The van der Waals surface area contributed by atoms with E-state index < -0.39 is 12.5 Å². The number of carbonyl (C=O) groups is 1. The van der Waals surface area contributed by atoms with E-state index in [1.54, 1.807) is 36.1 Å². The Morgan fingerprint density at radius 1 is 1.61 bits per heavy atom. The molecule has 0 bridgehead atoms. The molecule has 1 amide bonds. The molecule has 0 aromatic carbocycles. The average molecular weight is 258 g/mol. The third-order valence-corrected chi connectivity index (χ3v) is 3.14. The molecule has 0 spiro atoms. The average Bonchev–Trinajstić information content (AvgIpc) is 2.83. The third-order valence-electron chi connectivity index (χ3n) is 3.14. The standard InChI is InChI=1S/C11H16F2N4O/c1-15(7-10(12)13)9-3-4-17(11(9)18)8-5-14-16(2)6-8/h5-6,9-10H,3-4,7H2,1-2H3/t9-/m0/s1. The van der Waals surface area contributed by atoms with Crippen LogP contribution in [0.15, 0.2) is 12.4 Å². The maximum absolute atomic E-state index is 12.3. The van der Waals surface area contributed by atoms with Gasteiger partial charge in [-0.15, -0.1) is 0 Å². The Balaban J connectivity index is 2.05. The van der Waals surface area contributed by atoms with Crippen molar-refractivity contribution in [1.82, 2.24) is 14.7 Å². The molecule has 0 saturated carbocycles. The number of halogens is 2. The maximum Gasteiger partial charge on any atom is 0.251 e. The lowest BCUT2D eigenvalue weighted by Gasteiger charge is -2.22. The van der Waals surface area contributed by atoms with E-state index in [1.807, 2.05) is 0 Å². The predicted octanol–water partition coefficient (Wildman–Crippen LogP) is 0.722. The first-order valence-electron chi connectivity index (χ1n) is 5.77. The summed E-state index contributed by atoms with van der Waals surface area (Å²) in [6.07, 6.45) is 1.49. The number of aromatic nitrogens is 2. The summed E-state index contributed by atoms with van der Waals surface area (Å²) in [7, 11) is 3.33. The Morgan fingerprint density at radius 3 is 2.89 bits per heavy atom. The summed E-state index contributed by atoms with van der Waals surface area (Å²) < 4.78 is 26.2. The molecule has 18 heavy (non-hydrogen) atoms. The molecule has 0 unspecified atom stereocenters. The monoisotopic (exact) mass is 258 g/mol. The van der Waals surface area contributed by atoms with Crippen LogP contribution in [-0.2, 0) is 11.8 Å². The fourth-order valence-corrected chi connectivity index (χ4v) is 2.22. The number of rotatable bonds is 4. The minimum atomic E-state index is -2.42. The lowest BCUT2D eigenvalue weighted by Crippen LogP contribution is -2.41. The molecule has 100 valence electrons. The first-order chi connectivity index (χ1) is 8.49. The molecule has 1 atom stereocenters. The first-order valence-corrected chi connectivity index (χ1v) is 5.77. The van der Waals surface area contributed by atoms with Crippen LogP contribution >= 0.6 is 0 Å². The molecule has 0 N–H and O–H groups in total. The molecule has 2 rings (SSSR count). The van der Waals surface area contributed by atoms with Gasteiger partial charge in [0, 0.05) is 19.8 Å². The summed E-state index contributed by atoms with van der Waals surface area (Å²) in [5.74, 6) is -0.133. The number of hydrogen-bond donors (Lipinski definition) is 0. The van der Waals surface area contributed by atoms with Gasteiger partial charge in [-0.1, -0.05) is 0 Å². The van der Waals surface area contributed by atoms with Gasteiger partial charge in [-0.3, -0.25) is 14.4 Å². The van der Waals surface area contributed by atoms with Gasteiger partial charge in [0.25, 0.3) is 6.43 Å². The Bertz CT molecular complexity index is 434. The van der Waals surface area contributed by atoms with Crippen LogP contribution in [0.4, 0.5) is 14.5 Å². The number of anilines is 1. The van der Waals surface area contributed by atoms with Crippen molar-refractivity contribution in [3.05, 3.63) is 12.4 Å². The van der Waals surface area contributed by atoms with Gasteiger partial charge in [0.1, 0.15) is 0 Å². The van der Waals surface area contributed by atoms with Gasteiger partial charge >= 0.3 is 0 Å². The van der Waals surface area contributed by atoms with E-state index in [9.17, 15) is 13.6 Å². The minimum Gasteiger partial charge on any atom is -0.308 e. The smallest absolute Gasteiger partial charge is 0.251 e. The maximum atomic E-state index is 12.3. The number of amides is 1. The quantitative estimate of drug-likeness (QED) is 0.799. The summed E-state index contributed by atoms with van der Waals surface area (Å²) >= 11 is 0. The summed E-state index contributed by atoms with van der Waals surface area (Å²) in [5, 5.41) is 4.00. The second-order valence-electron chi connectivity index (χ2n) is 4.50. The van der Waals surface area contributed by atoms with Crippen molar-refractivity contribution < 1.29 is 13.6 Å². The zero-order chi connectivity index (χ0) is 13.3. The molecule has 7 heteroatoms. The molecule has 0 radical (unpaired) electrons. The fourth-order valence-electron chi connectivity index (χ4n) is 2.22. The van der Waals surface area contributed by atoms with Crippen LogP contribution in [0.25, 0.3) is 0 Å². The topological polar surface area (TPSA) is 41.4 Å². The van der Waals surface area contributed by atoms with E-state index in [-0.39, 0.29) is 12.5 Å². The van der Waals surface area contributed by atoms with Gasteiger partial charge in [0.2, 0.25) is 5.91 Å². The zero-order valence-corrected chi connectivity index (χ0v) is 10.4. The van der Waals surface area contributed by atoms with Crippen LogP contribution in [-0.4, -0.2) is 53.2 Å². The Morgan fingerprint density at radius 2 is 2.33 bits per heavy atom. The second-order valence-corrected chi connectivity index (χ2v) is 4.50. The Hall–Kier alpha value is -1.50. The number of aryl methyl sites for hydroxylation is 1. The van der Waals surface area contributed by atoms with Crippen molar-refractivity contribution in [1.29, 1.82) is 0 Å². The van der Waals surface area contributed by atoms with Crippen LogP contribution in [0.3, 0.4) is 0 Å². The van der Waals surface area contributed by atoms with Crippen LogP contribution in [0.5, 0.6) is 0 Å². The van der Waals surface area contributed by atoms with Gasteiger partial charge in [-0.2, -0.15) is 5.10 Å². The highest BCUT2D eigenvalue weighted by Crippen LogP contribution is 2.23. The van der Waals surface area contributed by atoms with E-state index in [1.165, 1.54) is 4.90 Å². The largest absolute Gasteiger partial charge is 0.308 e. The van der Waals surface area contributed by atoms with E-state index in [0.29, 0.717) is 13.0 Å². The first kappa shape index (κ1) is 12.9. The minimum absolute atomic E-state index is 0.133. The molecule has 1 saturated heterocycles. The lowest BCUT2D eigenvalue weighted by atomic mass is 10.2. The van der Waals surface area contributed by atoms with E-state index in [2.05, 4.69) is 5.10 Å². The summed E-state index contributed by atoms with van der Waals surface area (Å²) in [4.78, 5) is 15.2. The van der Waals surface area contributed by atoms with E-state index >= 15 is 0 Å². The molecule has 1 aliphatic heterocycles. The third kappa shape index (κ3) is 2.50. The fraction of sp³-hybridized carbons (Fsp3) is 0.636. The van der Waals surface area contributed by atoms with Crippen molar-refractivity contribution in [2.45, 2.75) is 18.9 Å². The SMILES string of the molecule is CN(CC(F)F)[C@H]1CCN(c2cnn(C)c2)C1=O. The van der Waals surface area contributed by atoms with Crippen molar-refractivity contribution in [2.75, 3.05) is 25.0 Å². The molecule has 0 aliphatic carbocycles. The van der Waals surface area contributed by atoms with Gasteiger partial charge < -0.3 is 4.90 Å². The highest BCUT2D eigenvalue weighted by atomic mass is 19.3. The molecular formula is C11H16F2N4O. The Labute approximate surface area is 104 Å². The van der Waals surface area contributed by atoms with E-state index in [4.69, 9.17) is 0 Å². The molecule has 1 aromatic rings. The number of carbonyl (C=O) groups excluding carboxylic acids is 1. The van der Waals surface area contributed by atoms with Crippen LogP contribution in [0, 0.1) is 0 Å². The molecule has 1 aliphatic rings. The highest BCUT2D eigenvalue weighted by molar-refractivity contribution is 5.99. The zero-order valence-electron chi connectivity index (χ0n) is 10.4. The van der Waals surface area contributed by atoms with Gasteiger partial charge in [-0.25, -0.2) is 8.78 Å².